The summed E-state index contributed by atoms with van der Waals surface area (Å²) in [5, 5.41) is 16.9. The molecule has 0 radical (unpaired) electrons. The SMILES string of the molecule is Cc1cccc(NC(=O)C(=O)N/N=C/c2ccccc2[N+](=O)[O-])c1. The molecule has 0 aliphatic rings. The Morgan fingerprint density at radius 1 is 1.12 bits per heavy atom. The topological polar surface area (TPSA) is 114 Å². The van der Waals surface area contributed by atoms with Crippen molar-refractivity contribution in [2.24, 2.45) is 5.10 Å². The number of anilines is 1. The van der Waals surface area contributed by atoms with E-state index in [2.05, 4.69) is 10.4 Å². The number of benzene rings is 2. The van der Waals surface area contributed by atoms with Gasteiger partial charge in [-0.3, -0.25) is 19.7 Å². The summed E-state index contributed by atoms with van der Waals surface area (Å²) >= 11 is 0. The molecule has 0 aliphatic carbocycles. The minimum absolute atomic E-state index is 0.153. The van der Waals surface area contributed by atoms with Crippen LogP contribution in [0.3, 0.4) is 0 Å². The van der Waals surface area contributed by atoms with Crippen LogP contribution >= 0.6 is 0 Å². The fourth-order valence-electron chi connectivity index (χ4n) is 1.88. The summed E-state index contributed by atoms with van der Waals surface area (Å²) in [4.78, 5) is 33.7. The molecule has 0 aliphatic heterocycles. The first-order chi connectivity index (χ1) is 11.5. The molecule has 122 valence electrons. The van der Waals surface area contributed by atoms with Gasteiger partial charge in [-0.05, 0) is 30.7 Å². The van der Waals surface area contributed by atoms with Crippen molar-refractivity contribution in [3.63, 3.8) is 0 Å². The van der Waals surface area contributed by atoms with Gasteiger partial charge in [0.25, 0.3) is 5.69 Å². The number of rotatable bonds is 4. The molecule has 0 aromatic heterocycles. The van der Waals surface area contributed by atoms with Crippen molar-refractivity contribution < 1.29 is 14.5 Å². The van der Waals surface area contributed by atoms with Crippen LogP contribution in [0, 0.1) is 17.0 Å². The van der Waals surface area contributed by atoms with E-state index in [1.165, 1.54) is 18.2 Å². The molecule has 2 amide bonds. The first kappa shape index (κ1) is 16.8. The van der Waals surface area contributed by atoms with Gasteiger partial charge in [0.2, 0.25) is 0 Å². The van der Waals surface area contributed by atoms with Gasteiger partial charge < -0.3 is 5.32 Å². The van der Waals surface area contributed by atoms with Crippen LogP contribution < -0.4 is 10.7 Å². The molecule has 0 unspecified atom stereocenters. The highest BCUT2D eigenvalue weighted by molar-refractivity contribution is 6.39. The maximum absolute atomic E-state index is 11.7. The number of aryl methyl sites for hydroxylation is 1. The van der Waals surface area contributed by atoms with Crippen molar-refractivity contribution in [2.75, 3.05) is 5.32 Å². The lowest BCUT2D eigenvalue weighted by atomic mass is 10.2. The average Bonchev–Trinajstić information content (AvgIpc) is 2.55. The maximum Gasteiger partial charge on any atom is 0.329 e. The van der Waals surface area contributed by atoms with Crippen LogP contribution in [0.25, 0.3) is 0 Å². The minimum atomic E-state index is -0.980. The second kappa shape index (κ2) is 7.63. The summed E-state index contributed by atoms with van der Waals surface area (Å²) in [7, 11) is 0. The summed E-state index contributed by atoms with van der Waals surface area (Å²) in [6.45, 7) is 1.85. The molecule has 2 aromatic carbocycles. The Labute approximate surface area is 137 Å². The van der Waals surface area contributed by atoms with Gasteiger partial charge in [-0.25, -0.2) is 5.43 Å². The van der Waals surface area contributed by atoms with Gasteiger partial charge in [0.1, 0.15) is 0 Å². The molecule has 8 heteroatoms. The van der Waals surface area contributed by atoms with Crippen LogP contribution in [0.2, 0.25) is 0 Å². The van der Waals surface area contributed by atoms with Crippen molar-refractivity contribution >= 4 is 29.4 Å². The molecule has 0 atom stereocenters. The zero-order valence-corrected chi connectivity index (χ0v) is 12.7. The highest BCUT2D eigenvalue weighted by Gasteiger charge is 2.14. The molecule has 24 heavy (non-hydrogen) atoms. The molecule has 0 saturated heterocycles. The molecule has 0 fully saturated rings. The fraction of sp³-hybridized carbons (Fsp3) is 0.0625. The number of hydrogen-bond donors (Lipinski definition) is 2. The van der Waals surface area contributed by atoms with Crippen molar-refractivity contribution in [3.05, 3.63) is 69.8 Å². The van der Waals surface area contributed by atoms with Crippen molar-refractivity contribution in [1.29, 1.82) is 0 Å². The van der Waals surface area contributed by atoms with Gasteiger partial charge in [-0.2, -0.15) is 5.10 Å². The molecule has 0 bridgehead atoms. The third-order valence-corrected chi connectivity index (χ3v) is 2.99. The summed E-state index contributed by atoms with van der Waals surface area (Å²) in [5.41, 5.74) is 3.50. The van der Waals surface area contributed by atoms with E-state index in [1.807, 2.05) is 18.4 Å². The number of nitro benzene ring substituents is 1. The number of hydrogen-bond acceptors (Lipinski definition) is 5. The predicted molar refractivity (Wildman–Crippen MR) is 88.6 cm³/mol. The molecule has 2 rings (SSSR count). The number of hydrazone groups is 1. The molecule has 8 nitrogen and oxygen atoms in total. The van der Waals surface area contributed by atoms with E-state index in [9.17, 15) is 19.7 Å². The van der Waals surface area contributed by atoms with Crippen LogP contribution in [0.1, 0.15) is 11.1 Å². The molecule has 2 aromatic rings. The van der Waals surface area contributed by atoms with E-state index in [1.54, 1.807) is 24.3 Å². The Kier molecular flexibility index (Phi) is 5.35. The van der Waals surface area contributed by atoms with E-state index in [0.717, 1.165) is 11.8 Å². The first-order valence-electron chi connectivity index (χ1n) is 6.92. The number of para-hydroxylation sites is 1. The monoisotopic (exact) mass is 326 g/mol. The number of amides is 2. The normalized spacial score (nSPS) is 10.4. The second-order valence-electron chi connectivity index (χ2n) is 4.84. The quantitative estimate of drug-likeness (QED) is 0.387. The zero-order chi connectivity index (χ0) is 17.5. The van der Waals surface area contributed by atoms with Gasteiger partial charge in [-0.15, -0.1) is 0 Å². The summed E-state index contributed by atoms with van der Waals surface area (Å²) in [5.74, 6) is -1.87. The Hall–Kier alpha value is -3.55. The van der Waals surface area contributed by atoms with E-state index in [-0.39, 0.29) is 11.3 Å². The molecule has 0 saturated carbocycles. The van der Waals surface area contributed by atoms with Gasteiger partial charge in [0.05, 0.1) is 16.7 Å². The Bertz CT molecular complexity index is 817. The van der Waals surface area contributed by atoms with Gasteiger partial charge in [0, 0.05) is 11.8 Å². The smallest absolute Gasteiger partial charge is 0.318 e. The third kappa shape index (κ3) is 4.47. The average molecular weight is 326 g/mol. The highest BCUT2D eigenvalue weighted by atomic mass is 16.6. The Morgan fingerprint density at radius 3 is 2.58 bits per heavy atom. The van der Waals surface area contributed by atoms with Crippen LogP contribution in [0.15, 0.2) is 53.6 Å². The number of nitro groups is 1. The summed E-state index contributed by atoms with van der Waals surface area (Å²) in [6, 6.07) is 12.9. The molecule has 0 spiro atoms. The lowest BCUT2D eigenvalue weighted by Crippen LogP contribution is -2.32. The van der Waals surface area contributed by atoms with Crippen molar-refractivity contribution in [1.82, 2.24) is 5.43 Å². The lowest BCUT2D eigenvalue weighted by molar-refractivity contribution is -0.385. The van der Waals surface area contributed by atoms with Gasteiger partial charge in [0.15, 0.2) is 0 Å². The summed E-state index contributed by atoms with van der Waals surface area (Å²) < 4.78 is 0. The number of carbonyl (C=O) groups excluding carboxylic acids is 2. The molecular weight excluding hydrogens is 312 g/mol. The largest absolute Gasteiger partial charge is 0.329 e. The van der Waals surface area contributed by atoms with Crippen molar-refractivity contribution in [2.45, 2.75) is 6.92 Å². The van der Waals surface area contributed by atoms with E-state index in [0.29, 0.717) is 5.69 Å². The fourth-order valence-corrected chi connectivity index (χ4v) is 1.88. The Morgan fingerprint density at radius 2 is 1.88 bits per heavy atom. The summed E-state index contributed by atoms with van der Waals surface area (Å²) in [6.07, 6.45) is 1.11. The van der Waals surface area contributed by atoms with Gasteiger partial charge >= 0.3 is 11.8 Å². The molecule has 0 heterocycles. The number of nitrogens with zero attached hydrogens (tertiary/aromatic N) is 2. The van der Waals surface area contributed by atoms with Crippen LogP contribution in [-0.2, 0) is 9.59 Å². The van der Waals surface area contributed by atoms with E-state index >= 15 is 0 Å². The molecular formula is C16H14N4O4. The first-order valence-corrected chi connectivity index (χ1v) is 6.92. The lowest BCUT2D eigenvalue weighted by Gasteiger charge is -2.04. The predicted octanol–water partition coefficient (Wildman–Crippen LogP) is 1.99. The van der Waals surface area contributed by atoms with Crippen LogP contribution in [0.4, 0.5) is 11.4 Å². The van der Waals surface area contributed by atoms with Crippen LogP contribution in [0.5, 0.6) is 0 Å². The standard InChI is InChI=1S/C16H14N4O4/c1-11-5-4-7-13(9-11)18-15(21)16(22)19-17-10-12-6-2-3-8-14(12)20(23)24/h2-10H,1H3,(H,18,21)(H,19,22)/b17-10+. The highest BCUT2D eigenvalue weighted by Crippen LogP contribution is 2.15. The third-order valence-electron chi connectivity index (χ3n) is 2.99. The Balaban J connectivity index is 1.98. The zero-order valence-electron chi connectivity index (χ0n) is 12.7. The maximum atomic E-state index is 11.7. The van der Waals surface area contributed by atoms with Gasteiger partial charge in [-0.1, -0.05) is 24.3 Å². The number of nitrogens with one attached hydrogen (secondary N) is 2. The van der Waals surface area contributed by atoms with E-state index in [4.69, 9.17) is 0 Å². The van der Waals surface area contributed by atoms with Crippen molar-refractivity contribution in [3.8, 4) is 0 Å². The minimum Gasteiger partial charge on any atom is -0.318 e. The van der Waals surface area contributed by atoms with Crippen LogP contribution in [-0.4, -0.2) is 23.0 Å². The second-order valence-corrected chi connectivity index (χ2v) is 4.84. The molecule has 2 N–H and O–H groups in total. The van der Waals surface area contributed by atoms with E-state index < -0.39 is 16.7 Å². The number of carbonyl (C=O) groups is 2.